The summed E-state index contributed by atoms with van der Waals surface area (Å²) in [6, 6.07) is 18.9. The number of hydrogen-bond acceptors (Lipinski definition) is 7. The van der Waals surface area contributed by atoms with Gasteiger partial charge in [0.15, 0.2) is 0 Å². The standard InChI is InChI=1S/C17H21PS7/c19-10-11-22-12-13-23-18(21,24-14-15-6-2-1-3-7-15)25-17-9-5-4-8-16(17)20/h1-9,19-20H,10-14H2. The van der Waals surface area contributed by atoms with Gasteiger partial charge in [-0.25, -0.2) is 0 Å². The molecule has 0 heterocycles. The summed E-state index contributed by atoms with van der Waals surface area (Å²) in [7, 11) is 0. The minimum atomic E-state index is -1.68. The Morgan fingerprint density at radius 3 is 2.32 bits per heavy atom. The molecule has 0 bridgehead atoms. The number of hydrogen-bond donors (Lipinski definition) is 2. The average molecular weight is 481 g/mol. The van der Waals surface area contributed by atoms with Crippen molar-refractivity contribution in [1.29, 1.82) is 0 Å². The lowest BCUT2D eigenvalue weighted by Crippen LogP contribution is -1.87. The Hall–Kier alpha value is 1.19. The second-order valence-corrected chi connectivity index (χ2v) is 22.6. The summed E-state index contributed by atoms with van der Waals surface area (Å²) in [5.41, 5.74) is 1.34. The Morgan fingerprint density at radius 2 is 1.60 bits per heavy atom. The van der Waals surface area contributed by atoms with Crippen LogP contribution in [0.2, 0.25) is 0 Å². The molecule has 0 saturated carbocycles. The van der Waals surface area contributed by atoms with Crippen LogP contribution in [-0.2, 0) is 17.6 Å². The third-order valence-corrected chi connectivity index (χ3v) is 19.4. The molecule has 25 heavy (non-hydrogen) atoms. The van der Waals surface area contributed by atoms with Crippen molar-refractivity contribution in [2.24, 2.45) is 0 Å². The number of thiol groups is 2. The monoisotopic (exact) mass is 480 g/mol. The highest BCUT2D eigenvalue weighted by Gasteiger charge is 2.21. The third-order valence-electron chi connectivity index (χ3n) is 3.02. The molecule has 0 spiro atoms. The van der Waals surface area contributed by atoms with Crippen LogP contribution in [0.4, 0.5) is 0 Å². The van der Waals surface area contributed by atoms with Crippen molar-refractivity contribution in [1.82, 2.24) is 0 Å². The lowest BCUT2D eigenvalue weighted by molar-refractivity contribution is 1.27. The summed E-state index contributed by atoms with van der Waals surface area (Å²) in [5.74, 6) is 5.25. The lowest BCUT2D eigenvalue weighted by atomic mass is 10.2. The topological polar surface area (TPSA) is 0 Å². The van der Waals surface area contributed by atoms with Gasteiger partial charge in [0.25, 0.3) is 0 Å². The fourth-order valence-electron chi connectivity index (χ4n) is 1.85. The van der Waals surface area contributed by atoms with E-state index in [4.69, 9.17) is 11.8 Å². The molecule has 2 aromatic carbocycles. The Balaban J connectivity index is 2.01. The van der Waals surface area contributed by atoms with Crippen molar-refractivity contribution in [3.05, 3.63) is 60.2 Å². The molecule has 8 heteroatoms. The van der Waals surface area contributed by atoms with Gasteiger partial charge in [-0.3, -0.25) is 0 Å². The molecular weight excluding hydrogens is 460 g/mol. The zero-order valence-corrected chi connectivity index (χ0v) is 20.4. The van der Waals surface area contributed by atoms with Crippen LogP contribution in [0, 0.1) is 0 Å². The molecule has 0 amide bonds. The van der Waals surface area contributed by atoms with E-state index in [-0.39, 0.29) is 0 Å². The zero-order valence-electron chi connectivity index (χ0n) is 13.6. The smallest absolute Gasteiger partial charge is 0.114 e. The first-order valence-corrected chi connectivity index (χ1v) is 17.4. The highest BCUT2D eigenvalue weighted by atomic mass is 33.5. The van der Waals surface area contributed by atoms with E-state index in [2.05, 4.69) is 67.7 Å². The molecule has 0 N–H and O–H groups in total. The Bertz CT molecular complexity index is 678. The molecule has 0 nitrogen and oxygen atoms in total. The number of thioether (sulfide) groups is 1. The van der Waals surface area contributed by atoms with Gasteiger partial charge in [-0.05, 0) is 23.4 Å². The summed E-state index contributed by atoms with van der Waals surface area (Å²) >= 11 is 22.8. The molecule has 2 aromatic rings. The average Bonchev–Trinajstić information content (AvgIpc) is 2.63. The van der Waals surface area contributed by atoms with Gasteiger partial charge >= 0.3 is 0 Å². The van der Waals surface area contributed by atoms with Crippen LogP contribution in [0.5, 0.6) is 0 Å². The Kier molecular flexibility index (Phi) is 11.3. The van der Waals surface area contributed by atoms with E-state index in [9.17, 15) is 0 Å². The van der Waals surface area contributed by atoms with Crippen LogP contribution in [0.15, 0.2) is 64.4 Å². The molecule has 0 radical (unpaired) electrons. The summed E-state index contributed by atoms with van der Waals surface area (Å²) in [6.45, 7) is 0. The van der Waals surface area contributed by atoms with Crippen molar-refractivity contribution in [3.8, 4) is 0 Å². The fraction of sp³-hybridized carbons (Fsp3) is 0.294. The summed E-state index contributed by atoms with van der Waals surface area (Å²) in [5, 5.41) is 0. The second kappa shape index (κ2) is 12.6. The minimum absolute atomic E-state index is 0.939. The minimum Gasteiger partial charge on any atom is -0.179 e. The molecule has 0 fully saturated rings. The molecule has 2 rings (SSSR count). The van der Waals surface area contributed by atoms with Gasteiger partial charge in [0, 0.05) is 32.8 Å². The number of benzene rings is 2. The fourth-order valence-corrected chi connectivity index (χ4v) is 16.5. The van der Waals surface area contributed by atoms with Gasteiger partial charge in [-0.15, -0.1) is 24.0 Å². The van der Waals surface area contributed by atoms with Crippen molar-refractivity contribution < 1.29 is 0 Å². The highest BCUT2D eigenvalue weighted by Crippen LogP contribution is 2.80. The van der Waals surface area contributed by atoms with Gasteiger partial charge in [0.2, 0.25) is 0 Å². The van der Waals surface area contributed by atoms with Gasteiger partial charge in [-0.2, -0.15) is 24.4 Å². The van der Waals surface area contributed by atoms with Gasteiger partial charge in [-0.1, -0.05) is 77.0 Å². The maximum Gasteiger partial charge on any atom is 0.114 e. The summed E-state index contributed by atoms with van der Waals surface area (Å²) in [4.78, 5) is 2.22. The maximum atomic E-state index is 6.16. The van der Waals surface area contributed by atoms with Crippen molar-refractivity contribution >= 4 is 86.6 Å². The normalized spacial score (nSPS) is 13.5. The second-order valence-electron chi connectivity index (χ2n) is 4.93. The molecule has 0 aliphatic rings. The Labute approximate surface area is 183 Å². The largest absolute Gasteiger partial charge is 0.179 e. The van der Waals surface area contributed by atoms with Crippen LogP contribution in [0.3, 0.4) is 0 Å². The molecule has 136 valence electrons. The van der Waals surface area contributed by atoms with Crippen LogP contribution in [-0.4, -0.2) is 23.0 Å². The van der Waals surface area contributed by atoms with E-state index in [1.165, 1.54) is 10.5 Å². The van der Waals surface area contributed by atoms with E-state index < -0.39 is 3.64 Å². The molecule has 0 aromatic heterocycles. The quantitative estimate of drug-likeness (QED) is 0.192. The summed E-state index contributed by atoms with van der Waals surface area (Å²) in [6.07, 6.45) is 0. The molecular formula is C17H21PS7. The van der Waals surface area contributed by atoms with Crippen molar-refractivity contribution in [2.75, 3.05) is 23.0 Å². The van der Waals surface area contributed by atoms with E-state index in [1.54, 1.807) is 0 Å². The van der Waals surface area contributed by atoms with Crippen LogP contribution in [0.25, 0.3) is 0 Å². The Morgan fingerprint density at radius 1 is 0.880 bits per heavy atom. The SMILES string of the molecule is S=P(SCCSCCS)(SCc1ccccc1)Sc1ccccc1S. The van der Waals surface area contributed by atoms with E-state index in [0.717, 1.165) is 33.7 Å². The number of rotatable bonds is 11. The predicted molar refractivity (Wildman–Crippen MR) is 135 cm³/mol. The molecule has 1 unspecified atom stereocenters. The van der Waals surface area contributed by atoms with E-state index >= 15 is 0 Å². The van der Waals surface area contributed by atoms with Gasteiger partial charge < -0.3 is 0 Å². The lowest BCUT2D eigenvalue weighted by Gasteiger charge is -2.21. The maximum absolute atomic E-state index is 6.16. The van der Waals surface area contributed by atoms with E-state index in [1.807, 2.05) is 58.0 Å². The van der Waals surface area contributed by atoms with Gasteiger partial charge in [0.05, 0.1) is 0 Å². The predicted octanol–water partition coefficient (Wildman–Crippen LogP) is 7.62. The van der Waals surface area contributed by atoms with Gasteiger partial charge in [0.1, 0.15) is 3.64 Å². The molecule has 1 atom stereocenters. The first-order chi connectivity index (χ1) is 12.1. The van der Waals surface area contributed by atoms with Crippen LogP contribution in [0.1, 0.15) is 5.56 Å². The van der Waals surface area contributed by atoms with Crippen LogP contribution < -0.4 is 0 Å². The van der Waals surface area contributed by atoms with Crippen molar-refractivity contribution in [3.63, 3.8) is 0 Å². The zero-order chi connectivity index (χ0) is 18.0. The van der Waals surface area contributed by atoms with Crippen LogP contribution >= 0.6 is 74.8 Å². The first kappa shape index (κ1) is 22.5. The third kappa shape index (κ3) is 8.82. The molecule has 0 aliphatic carbocycles. The van der Waals surface area contributed by atoms with E-state index in [0.29, 0.717) is 0 Å². The highest BCUT2D eigenvalue weighted by molar-refractivity contribution is 9.23. The summed E-state index contributed by atoms with van der Waals surface area (Å²) < 4.78 is -1.68. The first-order valence-electron chi connectivity index (χ1n) is 7.72. The molecule has 0 saturated heterocycles. The van der Waals surface area contributed by atoms with Crippen molar-refractivity contribution in [2.45, 2.75) is 15.5 Å². The molecule has 0 aliphatic heterocycles.